The van der Waals surface area contributed by atoms with Crippen molar-refractivity contribution in [1.29, 1.82) is 0 Å². The second-order valence-electron chi connectivity index (χ2n) is 5.95. The molecular formula is C20H24O2. The minimum atomic E-state index is -0.966. The average Bonchev–Trinajstić information content (AvgIpc) is 2.74. The van der Waals surface area contributed by atoms with Crippen LogP contribution in [-0.4, -0.2) is 11.6 Å². The van der Waals surface area contributed by atoms with E-state index in [0.29, 0.717) is 24.0 Å². The van der Waals surface area contributed by atoms with Crippen LogP contribution in [-0.2, 0) is 0 Å². The fraction of sp³-hybridized carbons (Fsp3) is 0.400. The van der Waals surface area contributed by atoms with Crippen LogP contribution in [0, 0.1) is 5.41 Å². The summed E-state index contributed by atoms with van der Waals surface area (Å²) in [6.45, 7) is 5.92. The number of rotatable bonds is 8. The highest BCUT2D eigenvalue weighted by molar-refractivity contribution is 6.29. The zero-order valence-corrected chi connectivity index (χ0v) is 13.3. The van der Waals surface area contributed by atoms with Gasteiger partial charge in [-0.3, -0.25) is 9.59 Å². The molecule has 116 valence electrons. The average molecular weight is 296 g/mol. The second kappa shape index (κ2) is 7.35. The molecule has 0 atom stereocenters. The quantitative estimate of drug-likeness (QED) is 0.377. The number of allylic oxidation sites excluding steroid dienone is 3. The molecule has 1 aliphatic rings. The van der Waals surface area contributed by atoms with Crippen LogP contribution in [0.2, 0.25) is 0 Å². The maximum Gasteiger partial charge on any atom is 0.178 e. The summed E-state index contributed by atoms with van der Waals surface area (Å²) in [6, 6.07) is 7.14. The van der Waals surface area contributed by atoms with Gasteiger partial charge in [0, 0.05) is 11.1 Å². The Bertz CT molecular complexity index is 560. The van der Waals surface area contributed by atoms with Crippen molar-refractivity contribution in [2.24, 2.45) is 5.41 Å². The smallest absolute Gasteiger partial charge is 0.178 e. The van der Waals surface area contributed by atoms with E-state index in [2.05, 4.69) is 19.6 Å². The molecular weight excluding hydrogens is 272 g/mol. The van der Waals surface area contributed by atoms with E-state index in [1.807, 2.05) is 18.2 Å². The van der Waals surface area contributed by atoms with Crippen molar-refractivity contribution in [1.82, 2.24) is 0 Å². The van der Waals surface area contributed by atoms with Crippen LogP contribution in [0.3, 0.4) is 0 Å². The zero-order valence-electron chi connectivity index (χ0n) is 13.3. The van der Waals surface area contributed by atoms with Gasteiger partial charge in [0.2, 0.25) is 0 Å². The Morgan fingerprint density at radius 3 is 2.18 bits per heavy atom. The van der Waals surface area contributed by atoms with Gasteiger partial charge in [0.05, 0.1) is 0 Å². The van der Waals surface area contributed by atoms with Gasteiger partial charge >= 0.3 is 0 Å². The summed E-state index contributed by atoms with van der Waals surface area (Å²) in [5.41, 5.74) is 0.162. The molecule has 0 fully saturated rings. The summed E-state index contributed by atoms with van der Waals surface area (Å²) in [6.07, 6.45) is 11.2. The molecule has 0 heterocycles. The van der Waals surface area contributed by atoms with Gasteiger partial charge in [0.1, 0.15) is 5.41 Å². The molecule has 0 amide bonds. The first-order valence-electron chi connectivity index (χ1n) is 8.12. The van der Waals surface area contributed by atoms with Gasteiger partial charge in [-0.25, -0.2) is 0 Å². The van der Waals surface area contributed by atoms with E-state index in [-0.39, 0.29) is 11.6 Å². The lowest BCUT2D eigenvalue weighted by atomic mass is 9.76. The number of unbranched alkanes of at least 4 members (excludes halogenated alkanes) is 3. The molecule has 2 rings (SSSR count). The fourth-order valence-electron chi connectivity index (χ4n) is 3.11. The first kappa shape index (κ1) is 16.4. The molecule has 1 aromatic carbocycles. The molecule has 1 aromatic rings. The second-order valence-corrected chi connectivity index (χ2v) is 5.95. The van der Waals surface area contributed by atoms with E-state index in [4.69, 9.17) is 0 Å². The van der Waals surface area contributed by atoms with E-state index in [0.717, 1.165) is 12.8 Å². The number of ketones is 2. The highest BCUT2D eigenvalue weighted by Crippen LogP contribution is 2.42. The standard InChI is InChI=1S/C20H24O2/c1-3-5-6-7-8-11-15-20(14-4-2)18(21)16-12-9-10-13-17(16)19(20)22/h4,8-13H,2-3,5-7,14-15H2,1H3/b11-8+. The molecule has 0 N–H and O–H groups in total. The molecule has 1 aliphatic carbocycles. The van der Waals surface area contributed by atoms with Crippen LogP contribution in [0.5, 0.6) is 0 Å². The predicted octanol–water partition coefficient (Wildman–Crippen LogP) is 5.15. The monoisotopic (exact) mass is 296 g/mol. The van der Waals surface area contributed by atoms with Crippen LogP contribution >= 0.6 is 0 Å². The van der Waals surface area contributed by atoms with Crippen LogP contribution in [0.1, 0.15) is 66.2 Å². The Hall–Kier alpha value is -1.96. The first-order chi connectivity index (χ1) is 10.7. The highest BCUT2D eigenvalue weighted by Gasteiger charge is 2.50. The lowest BCUT2D eigenvalue weighted by Gasteiger charge is -2.22. The van der Waals surface area contributed by atoms with E-state index in [1.54, 1.807) is 18.2 Å². The van der Waals surface area contributed by atoms with Crippen molar-refractivity contribution in [3.05, 3.63) is 60.2 Å². The Kier molecular flexibility index (Phi) is 5.48. The third-order valence-corrected chi connectivity index (χ3v) is 4.39. The highest BCUT2D eigenvalue weighted by atomic mass is 16.2. The summed E-state index contributed by atoms with van der Waals surface area (Å²) in [5, 5.41) is 0. The van der Waals surface area contributed by atoms with E-state index < -0.39 is 5.41 Å². The minimum absolute atomic E-state index is 0.0498. The number of carbonyl (C=O) groups is 2. The molecule has 0 aliphatic heterocycles. The van der Waals surface area contributed by atoms with Crippen molar-refractivity contribution < 1.29 is 9.59 Å². The molecule has 0 saturated heterocycles. The lowest BCUT2D eigenvalue weighted by Crippen LogP contribution is -2.32. The van der Waals surface area contributed by atoms with Crippen molar-refractivity contribution >= 4 is 11.6 Å². The van der Waals surface area contributed by atoms with Gasteiger partial charge in [-0.15, -0.1) is 6.58 Å². The van der Waals surface area contributed by atoms with Gasteiger partial charge in [0.15, 0.2) is 11.6 Å². The van der Waals surface area contributed by atoms with Crippen LogP contribution in [0.15, 0.2) is 49.1 Å². The van der Waals surface area contributed by atoms with Gasteiger partial charge < -0.3 is 0 Å². The Labute approximate surface area is 132 Å². The number of hydrogen-bond donors (Lipinski definition) is 0. The molecule has 0 unspecified atom stereocenters. The van der Waals surface area contributed by atoms with Gasteiger partial charge in [-0.2, -0.15) is 0 Å². The summed E-state index contributed by atoms with van der Waals surface area (Å²) in [5.74, 6) is -0.0996. The number of benzene rings is 1. The summed E-state index contributed by atoms with van der Waals surface area (Å²) in [4.78, 5) is 25.6. The molecule has 0 radical (unpaired) electrons. The third kappa shape index (κ3) is 2.96. The molecule has 0 aromatic heterocycles. The van der Waals surface area contributed by atoms with Gasteiger partial charge in [-0.1, -0.05) is 62.3 Å². The number of fused-ring (bicyclic) bond motifs is 1. The summed E-state index contributed by atoms with van der Waals surface area (Å²) in [7, 11) is 0. The molecule has 22 heavy (non-hydrogen) atoms. The Morgan fingerprint density at radius 1 is 1.00 bits per heavy atom. The SMILES string of the molecule is C=CCC1(C/C=C/CCCCC)C(=O)c2ccccc2C1=O. The van der Waals surface area contributed by atoms with Crippen molar-refractivity contribution in [3.63, 3.8) is 0 Å². The minimum Gasteiger partial charge on any atom is -0.293 e. The molecule has 0 saturated carbocycles. The Morgan fingerprint density at radius 2 is 1.64 bits per heavy atom. The maximum absolute atomic E-state index is 12.8. The van der Waals surface area contributed by atoms with Crippen molar-refractivity contribution in [2.75, 3.05) is 0 Å². The molecule has 2 nitrogen and oxygen atoms in total. The normalized spacial score (nSPS) is 16.2. The van der Waals surface area contributed by atoms with E-state index in [9.17, 15) is 9.59 Å². The van der Waals surface area contributed by atoms with Crippen LogP contribution < -0.4 is 0 Å². The van der Waals surface area contributed by atoms with Crippen molar-refractivity contribution in [3.8, 4) is 0 Å². The first-order valence-corrected chi connectivity index (χ1v) is 8.12. The summed E-state index contributed by atoms with van der Waals surface area (Å²) >= 11 is 0. The number of Topliss-reactive ketones (excluding diaryl/α,β-unsaturated/α-hetero) is 2. The fourth-order valence-corrected chi connectivity index (χ4v) is 3.11. The summed E-state index contributed by atoms with van der Waals surface area (Å²) < 4.78 is 0. The topological polar surface area (TPSA) is 34.1 Å². The van der Waals surface area contributed by atoms with Crippen LogP contribution in [0.25, 0.3) is 0 Å². The van der Waals surface area contributed by atoms with Gasteiger partial charge in [-0.05, 0) is 25.7 Å². The molecule has 0 spiro atoms. The molecule has 2 heteroatoms. The van der Waals surface area contributed by atoms with E-state index >= 15 is 0 Å². The number of hydrogen-bond acceptors (Lipinski definition) is 2. The molecule has 0 bridgehead atoms. The zero-order chi connectivity index (χ0) is 16.0. The lowest BCUT2D eigenvalue weighted by molar-refractivity contribution is 0.0703. The van der Waals surface area contributed by atoms with Gasteiger partial charge in [0.25, 0.3) is 0 Å². The van der Waals surface area contributed by atoms with Crippen LogP contribution in [0.4, 0.5) is 0 Å². The third-order valence-electron chi connectivity index (χ3n) is 4.39. The van der Waals surface area contributed by atoms with E-state index in [1.165, 1.54) is 12.8 Å². The maximum atomic E-state index is 12.8. The number of carbonyl (C=O) groups excluding carboxylic acids is 2. The largest absolute Gasteiger partial charge is 0.293 e. The predicted molar refractivity (Wildman–Crippen MR) is 90.2 cm³/mol. The Balaban J connectivity index is 2.18. The van der Waals surface area contributed by atoms with Crippen molar-refractivity contribution in [2.45, 2.75) is 45.4 Å².